The van der Waals surface area contributed by atoms with Gasteiger partial charge < -0.3 is 15.8 Å². The summed E-state index contributed by atoms with van der Waals surface area (Å²) in [7, 11) is 0. The van der Waals surface area contributed by atoms with E-state index in [9.17, 15) is 4.79 Å². The first-order valence-electron chi connectivity index (χ1n) is 6.52. The second-order valence-corrected chi connectivity index (χ2v) is 4.19. The van der Waals surface area contributed by atoms with Crippen molar-refractivity contribution in [3.05, 3.63) is 42.2 Å². The number of rotatable bonds is 5. The molecule has 7 nitrogen and oxygen atoms in total. The van der Waals surface area contributed by atoms with E-state index in [2.05, 4.69) is 20.6 Å². The van der Waals surface area contributed by atoms with Gasteiger partial charge in [0.25, 0.3) is 0 Å². The molecule has 0 aliphatic heterocycles. The molecule has 0 aliphatic carbocycles. The predicted molar refractivity (Wildman–Crippen MR) is 80.9 cm³/mol. The van der Waals surface area contributed by atoms with Crippen LogP contribution in [0.3, 0.4) is 0 Å². The van der Waals surface area contributed by atoms with E-state index in [1.165, 1.54) is 0 Å². The molecule has 0 saturated carbocycles. The Bertz CT molecular complexity index is 604. The molecule has 2 rings (SSSR count). The van der Waals surface area contributed by atoms with Crippen LogP contribution in [-0.4, -0.2) is 22.7 Å². The summed E-state index contributed by atoms with van der Waals surface area (Å²) in [6, 6.07) is 7.23. The molecule has 0 bridgehead atoms. The van der Waals surface area contributed by atoms with E-state index in [-0.39, 0.29) is 5.82 Å². The molecule has 110 valence electrons. The van der Waals surface area contributed by atoms with E-state index in [0.717, 1.165) is 5.56 Å². The van der Waals surface area contributed by atoms with Crippen molar-refractivity contribution in [2.75, 3.05) is 23.0 Å². The highest BCUT2D eigenvalue weighted by Crippen LogP contribution is 2.19. The second-order valence-electron chi connectivity index (χ2n) is 4.19. The molecule has 0 spiro atoms. The number of carbonyl (C=O) groups is 1. The molecular weight excluding hydrogens is 270 g/mol. The number of nitrogens with two attached hydrogens (primary N) is 1. The molecule has 0 aliphatic rings. The van der Waals surface area contributed by atoms with Gasteiger partial charge in [0.15, 0.2) is 0 Å². The van der Waals surface area contributed by atoms with E-state index >= 15 is 0 Å². The molecule has 7 heteroatoms. The molecule has 0 aromatic carbocycles. The highest BCUT2D eigenvalue weighted by atomic mass is 16.5. The van der Waals surface area contributed by atoms with Gasteiger partial charge in [-0.2, -0.15) is 0 Å². The van der Waals surface area contributed by atoms with Crippen LogP contribution in [0.1, 0.15) is 12.5 Å². The number of amides is 1. The molecule has 0 atom stereocenters. The van der Waals surface area contributed by atoms with Crippen LogP contribution >= 0.6 is 0 Å². The van der Waals surface area contributed by atoms with Gasteiger partial charge in [0.1, 0.15) is 11.6 Å². The van der Waals surface area contributed by atoms with Crippen LogP contribution in [-0.2, 0) is 11.3 Å². The summed E-state index contributed by atoms with van der Waals surface area (Å²) in [6.45, 7) is 2.61. The van der Waals surface area contributed by atoms with Gasteiger partial charge in [0, 0.05) is 18.9 Å². The normalized spacial score (nSPS) is 9.95. The van der Waals surface area contributed by atoms with Crippen molar-refractivity contribution in [3.8, 4) is 0 Å². The molecule has 0 radical (unpaired) electrons. The largest absolute Gasteiger partial charge is 0.450 e. The monoisotopic (exact) mass is 287 g/mol. The summed E-state index contributed by atoms with van der Waals surface area (Å²) in [5.74, 6) is 0.838. The Balaban J connectivity index is 1.97. The van der Waals surface area contributed by atoms with Crippen molar-refractivity contribution < 1.29 is 9.53 Å². The van der Waals surface area contributed by atoms with Crippen LogP contribution in [0, 0.1) is 0 Å². The van der Waals surface area contributed by atoms with E-state index in [0.29, 0.717) is 24.7 Å². The quantitative estimate of drug-likeness (QED) is 0.779. The second kappa shape index (κ2) is 7.09. The molecule has 0 saturated heterocycles. The summed E-state index contributed by atoms with van der Waals surface area (Å²) in [5, 5.41) is 5.66. The average Bonchev–Trinajstić information content (AvgIpc) is 2.49. The first-order valence-corrected chi connectivity index (χ1v) is 6.52. The Kier molecular flexibility index (Phi) is 4.92. The molecule has 2 aromatic rings. The van der Waals surface area contributed by atoms with E-state index < -0.39 is 6.09 Å². The Morgan fingerprint density at radius 1 is 1.38 bits per heavy atom. The zero-order valence-electron chi connectivity index (χ0n) is 11.7. The lowest BCUT2D eigenvalue weighted by Gasteiger charge is -2.10. The van der Waals surface area contributed by atoms with Crippen LogP contribution in [0.4, 0.5) is 22.1 Å². The minimum atomic E-state index is -0.554. The Hall–Kier alpha value is -2.83. The standard InChI is InChI=1S/C14H17N5O2/c1-2-21-14(20)18-11-5-6-12(19-13(11)15)17-9-10-4-3-7-16-8-10/h3-8H,2,9H2,1H3,(H,18,20)(H3,15,17,19). The van der Waals surface area contributed by atoms with Gasteiger partial charge >= 0.3 is 6.09 Å². The van der Waals surface area contributed by atoms with E-state index in [1.807, 2.05) is 12.1 Å². The fourth-order valence-electron chi connectivity index (χ4n) is 1.65. The fourth-order valence-corrected chi connectivity index (χ4v) is 1.65. The zero-order valence-corrected chi connectivity index (χ0v) is 11.7. The lowest BCUT2D eigenvalue weighted by Crippen LogP contribution is -2.15. The van der Waals surface area contributed by atoms with Crippen LogP contribution in [0.15, 0.2) is 36.7 Å². The van der Waals surface area contributed by atoms with Crippen molar-refractivity contribution in [2.45, 2.75) is 13.5 Å². The predicted octanol–water partition coefficient (Wildman–Crippen LogP) is 2.24. The molecule has 0 fully saturated rings. The van der Waals surface area contributed by atoms with Gasteiger partial charge in [-0.1, -0.05) is 6.07 Å². The minimum Gasteiger partial charge on any atom is -0.450 e. The van der Waals surface area contributed by atoms with Crippen molar-refractivity contribution in [1.82, 2.24) is 9.97 Å². The maximum Gasteiger partial charge on any atom is 0.411 e. The first-order chi connectivity index (χ1) is 10.2. The smallest absolute Gasteiger partial charge is 0.411 e. The van der Waals surface area contributed by atoms with Gasteiger partial charge in [0.05, 0.1) is 12.3 Å². The number of hydrogen-bond acceptors (Lipinski definition) is 6. The number of carbonyl (C=O) groups excluding carboxylic acids is 1. The van der Waals surface area contributed by atoms with Crippen LogP contribution < -0.4 is 16.4 Å². The van der Waals surface area contributed by atoms with Crippen molar-refractivity contribution in [3.63, 3.8) is 0 Å². The number of nitrogens with one attached hydrogen (secondary N) is 2. The lowest BCUT2D eigenvalue weighted by atomic mass is 10.3. The molecule has 0 unspecified atom stereocenters. The molecule has 21 heavy (non-hydrogen) atoms. The lowest BCUT2D eigenvalue weighted by molar-refractivity contribution is 0.168. The number of hydrogen-bond donors (Lipinski definition) is 3. The Morgan fingerprint density at radius 3 is 2.90 bits per heavy atom. The summed E-state index contributed by atoms with van der Waals surface area (Å²) in [4.78, 5) is 19.5. The fraction of sp³-hybridized carbons (Fsp3) is 0.214. The molecule has 4 N–H and O–H groups in total. The summed E-state index contributed by atoms with van der Waals surface area (Å²) < 4.78 is 4.78. The topological polar surface area (TPSA) is 102 Å². The number of anilines is 3. The number of nitrogens with zero attached hydrogens (tertiary/aromatic N) is 2. The first kappa shape index (κ1) is 14.6. The number of ether oxygens (including phenoxy) is 1. The average molecular weight is 287 g/mol. The Labute approximate surface area is 122 Å². The van der Waals surface area contributed by atoms with Gasteiger partial charge in [-0.25, -0.2) is 9.78 Å². The van der Waals surface area contributed by atoms with E-state index in [4.69, 9.17) is 10.5 Å². The third kappa shape index (κ3) is 4.34. The van der Waals surface area contributed by atoms with Gasteiger partial charge in [-0.3, -0.25) is 10.3 Å². The molecule has 2 heterocycles. The van der Waals surface area contributed by atoms with Crippen molar-refractivity contribution in [2.24, 2.45) is 0 Å². The van der Waals surface area contributed by atoms with Crippen LogP contribution in [0.25, 0.3) is 0 Å². The third-order valence-corrected chi connectivity index (χ3v) is 2.63. The van der Waals surface area contributed by atoms with Crippen LogP contribution in [0.2, 0.25) is 0 Å². The summed E-state index contributed by atoms with van der Waals surface area (Å²) in [5.41, 5.74) is 7.25. The molecular formula is C14H17N5O2. The third-order valence-electron chi connectivity index (χ3n) is 2.63. The summed E-state index contributed by atoms with van der Waals surface area (Å²) in [6.07, 6.45) is 2.94. The van der Waals surface area contributed by atoms with Gasteiger partial charge in [-0.15, -0.1) is 0 Å². The SMILES string of the molecule is CCOC(=O)Nc1ccc(NCc2cccnc2)nc1N. The zero-order chi connectivity index (χ0) is 15.1. The van der Waals surface area contributed by atoms with Crippen molar-refractivity contribution >= 4 is 23.4 Å². The maximum atomic E-state index is 11.3. The minimum absolute atomic E-state index is 0.222. The van der Waals surface area contributed by atoms with Gasteiger partial charge in [-0.05, 0) is 30.7 Å². The molecule has 1 amide bonds. The van der Waals surface area contributed by atoms with E-state index in [1.54, 1.807) is 31.5 Å². The molecule has 2 aromatic heterocycles. The number of nitrogen functional groups attached to an aromatic ring is 1. The van der Waals surface area contributed by atoms with Gasteiger partial charge in [0.2, 0.25) is 0 Å². The Morgan fingerprint density at radius 2 is 2.24 bits per heavy atom. The number of pyridine rings is 2. The van der Waals surface area contributed by atoms with Crippen molar-refractivity contribution in [1.29, 1.82) is 0 Å². The van der Waals surface area contributed by atoms with Crippen LogP contribution in [0.5, 0.6) is 0 Å². The maximum absolute atomic E-state index is 11.3. The highest BCUT2D eigenvalue weighted by molar-refractivity contribution is 5.88. The highest BCUT2D eigenvalue weighted by Gasteiger charge is 2.07. The number of aromatic nitrogens is 2. The summed E-state index contributed by atoms with van der Waals surface area (Å²) >= 11 is 0.